The molecule has 190 valence electrons. The zero-order valence-electron chi connectivity index (χ0n) is 18.9. The first kappa shape index (κ1) is 26.1. The predicted octanol–water partition coefficient (Wildman–Crippen LogP) is 1.79. The van der Waals surface area contributed by atoms with Crippen LogP contribution in [-0.2, 0) is 27.6 Å². The molecule has 0 saturated heterocycles. The summed E-state index contributed by atoms with van der Waals surface area (Å²) < 4.78 is 33.0. The Labute approximate surface area is 196 Å². The largest absolute Gasteiger partial charge is 0.482 e. The van der Waals surface area contributed by atoms with Gasteiger partial charge in [0.05, 0.1) is 6.10 Å². The summed E-state index contributed by atoms with van der Waals surface area (Å²) in [6.07, 6.45) is 5.41. The highest BCUT2D eigenvalue weighted by atomic mass is 31.3. The SMILES string of the molecule is C[C@]12C=CC(=O)C=C1CC[C@@H]1[C@@H]2[C@@H](O)C[C@@]2(C)[C@H]1CC[C@]2(OP(=O)(O)OP(=O)(O)O)C(=O)CO. The molecular formula is C21H30O11P2. The second-order valence-corrected chi connectivity index (χ2v) is 13.0. The maximum Gasteiger partial charge on any atom is 0.482 e. The Morgan fingerprint density at radius 3 is 2.50 bits per heavy atom. The van der Waals surface area contributed by atoms with E-state index in [-0.39, 0.29) is 36.4 Å². The van der Waals surface area contributed by atoms with Crippen LogP contribution in [0.15, 0.2) is 23.8 Å². The molecule has 0 heterocycles. The van der Waals surface area contributed by atoms with Crippen molar-refractivity contribution in [3.05, 3.63) is 23.8 Å². The van der Waals surface area contributed by atoms with Gasteiger partial charge in [0, 0.05) is 16.7 Å². The maximum absolute atomic E-state index is 13.0. The highest BCUT2D eigenvalue weighted by Crippen LogP contribution is 2.71. The summed E-state index contributed by atoms with van der Waals surface area (Å²) in [5.41, 5.74) is -2.95. The van der Waals surface area contributed by atoms with Crippen molar-refractivity contribution in [1.82, 2.24) is 0 Å². The van der Waals surface area contributed by atoms with Gasteiger partial charge in [0.1, 0.15) is 12.2 Å². The van der Waals surface area contributed by atoms with Gasteiger partial charge in [-0.15, -0.1) is 0 Å². The van der Waals surface area contributed by atoms with Gasteiger partial charge in [-0.25, -0.2) is 9.13 Å². The Bertz CT molecular complexity index is 1060. The maximum atomic E-state index is 13.0. The number of fused-ring (bicyclic) bond motifs is 5. The van der Waals surface area contributed by atoms with Crippen LogP contribution in [0.1, 0.15) is 46.0 Å². The van der Waals surface area contributed by atoms with Gasteiger partial charge < -0.3 is 24.9 Å². The number of allylic oxidation sites excluding steroid dienone is 4. The van der Waals surface area contributed by atoms with Gasteiger partial charge in [-0.2, -0.15) is 4.31 Å². The zero-order valence-corrected chi connectivity index (χ0v) is 20.7. The number of hydrogen-bond donors (Lipinski definition) is 5. The van der Waals surface area contributed by atoms with Crippen molar-refractivity contribution < 1.29 is 52.4 Å². The monoisotopic (exact) mass is 520 g/mol. The number of aliphatic hydroxyl groups excluding tert-OH is 2. The van der Waals surface area contributed by atoms with Crippen molar-refractivity contribution in [3.63, 3.8) is 0 Å². The molecule has 0 aromatic rings. The fraction of sp³-hybridized carbons (Fsp3) is 0.714. The van der Waals surface area contributed by atoms with E-state index >= 15 is 0 Å². The number of Topliss-reactive ketones (excluding diaryl/α,β-unsaturated/α-hetero) is 1. The van der Waals surface area contributed by atoms with Crippen LogP contribution >= 0.6 is 15.6 Å². The molecule has 5 N–H and O–H groups in total. The molecular weight excluding hydrogens is 490 g/mol. The van der Waals surface area contributed by atoms with Crippen LogP contribution in [0.4, 0.5) is 0 Å². The van der Waals surface area contributed by atoms with E-state index in [4.69, 9.17) is 14.3 Å². The van der Waals surface area contributed by atoms with Crippen LogP contribution in [0.2, 0.25) is 0 Å². The number of rotatable bonds is 6. The van der Waals surface area contributed by atoms with Gasteiger partial charge in [-0.1, -0.05) is 25.5 Å². The first-order valence-corrected chi connectivity index (χ1v) is 14.2. The van der Waals surface area contributed by atoms with Crippen molar-refractivity contribution in [2.45, 2.75) is 57.7 Å². The molecule has 0 aliphatic heterocycles. The molecule has 3 saturated carbocycles. The quantitative estimate of drug-likeness (QED) is 0.321. The third kappa shape index (κ3) is 3.95. The minimum absolute atomic E-state index is 0.0227. The van der Waals surface area contributed by atoms with Crippen molar-refractivity contribution in [3.8, 4) is 0 Å². The summed E-state index contributed by atoms with van der Waals surface area (Å²) in [4.78, 5) is 53.1. The molecule has 0 aromatic heterocycles. The Morgan fingerprint density at radius 2 is 1.88 bits per heavy atom. The van der Waals surface area contributed by atoms with Gasteiger partial charge >= 0.3 is 15.6 Å². The molecule has 0 bridgehead atoms. The highest BCUT2D eigenvalue weighted by Gasteiger charge is 2.70. The molecule has 0 aromatic carbocycles. The molecule has 0 spiro atoms. The van der Waals surface area contributed by atoms with Crippen LogP contribution in [0.25, 0.3) is 0 Å². The fourth-order valence-corrected chi connectivity index (χ4v) is 9.45. The first-order valence-electron chi connectivity index (χ1n) is 11.2. The number of hydrogen-bond acceptors (Lipinski definition) is 8. The standard InChI is InChI=1S/C21H30O11P2/c1-19-7-5-13(23)9-12(19)3-4-14-15-6-8-21(17(25)11-22,20(15,2)10-16(24)18(14)19)31-34(29,30)32-33(26,27)28/h5,7,9,14-16,18,22,24H,3-4,6,8,10-11H2,1-2H3,(H,29,30)(H2,26,27,28)/t14-,15-,16-,18+,19-,20-,21-/m0/s1. The lowest BCUT2D eigenvalue weighted by molar-refractivity contribution is -0.175. The van der Waals surface area contributed by atoms with Crippen LogP contribution < -0.4 is 0 Å². The van der Waals surface area contributed by atoms with Gasteiger partial charge in [0.15, 0.2) is 11.6 Å². The van der Waals surface area contributed by atoms with E-state index in [0.29, 0.717) is 19.3 Å². The van der Waals surface area contributed by atoms with Gasteiger partial charge in [-0.3, -0.25) is 14.1 Å². The van der Waals surface area contributed by atoms with Crippen molar-refractivity contribution in [2.75, 3.05) is 6.61 Å². The number of carbonyl (C=O) groups excluding carboxylic acids is 2. The molecule has 0 radical (unpaired) electrons. The number of phosphoric acid groups is 2. The lowest BCUT2D eigenvalue weighted by Crippen LogP contribution is -2.62. The molecule has 4 aliphatic carbocycles. The van der Waals surface area contributed by atoms with Crippen LogP contribution in [0.5, 0.6) is 0 Å². The first-order chi connectivity index (χ1) is 15.6. The van der Waals surface area contributed by atoms with Crippen molar-refractivity contribution >= 4 is 27.2 Å². The summed E-state index contributed by atoms with van der Waals surface area (Å²) in [7, 11) is -10.9. The van der Waals surface area contributed by atoms with Crippen LogP contribution in [0, 0.1) is 28.6 Å². The van der Waals surface area contributed by atoms with Gasteiger partial charge in [0.25, 0.3) is 0 Å². The van der Waals surface area contributed by atoms with Crippen LogP contribution in [-0.4, -0.2) is 54.8 Å². The van der Waals surface area contributed by atoms with E-state index in [1.165, 1.54) is 6.08 Å². The van der Waals surface area contributed by atoms with Crippen molar-refractivity contribution in [2.24, 2.45) is 28.6 Å². The second-order valence-electron chi connectivity index (χ2n) is 10.3. The number of aliphatic hydroxyl groups is 2. The van der Waals surface area contributed by atoms with Crippen LogP contribution in [0.3, 0.4) is 0 Å². The Balaban J connectivity index is 1.75. The minimum atomic E-state index is -5.44. The Morgan fingerprint density at radius 1 is 1.21 bits per heavy atom. The lowest BCUT2D eigenvalue weighted by Gasteiger charge is -2.60. The van der Waals surface area contributed by atoms with E-state index < -0.39 is 50.6 Å². The van der Waals surface area contributed by atoms with Gasteiger partial charge in [-0.05, 0) is 56.1 Å². The molecule has 13 heteroatoms. The van der Waals surface area contributed by atoms with E-state index in [0.717, 1.165) is 5.57 Å². The second kappa shape index (κ2) is 8.26. The Hall–Kier alpha value is -1.00. The molecule has 8 atom stereocenters. The number of carbonyl (C=O) groups is 2. The van der Waals surface area contributed by atoms with Gasteiger partial charge in [0.2, 0.25) is 0 Å². The summed E-state index contributed by atoms with van der Waals surface area (Å²) in [6.45, 7) is 2.58. The zero-order chi connectivity index (χ0) is 25.3. The minimum Gasteiger partial charge on any atom is -0.393 e. The van der Waals surface area contributed by atoms with E-state index in [9.17, 15) is 33.8 Å². The average Bonchev–Trinajstić information content (AvgIpc) is 2.97. The summed E-state index contributed by atoms with van der Waals surface area (Å²) in [6, 6.07) is 0. The summed E-state index contributed by atoms with van der Waals surface area (Å²) in [5, 5.41) is 21.1. The summed E-state index contributed by atoms with van der Waals surface area (Å²) in [5.74, 6) is -1.70. The normalized spacial score (nSPS) is 43.4. The smallest absolute Gasteiger partial charge is 0.393 e. The number of ketones is 2. The topological polar surface area (TPSA) is 188 Å². The molecule has 3 fully saturated rings. The molecule has 4 aliphatic rings. The third-order valence-electron chi connectivity index (χ3n) is 8.69. The average molecular weight is 520 g/mol. The summed E-state index contributed by atoms with van der Waals surface area (Å²) >= 11 is 0. The van der Waals surface area contributed by atoms with E-state index in [2.05, 4.69) is 4.31 Å². The van der Waals surface area contributed by atoms with E-state index in [1.54, 1.807) is 13.0 Å². The van der Waals surface area contributed by atoms with E-state index in [1.807, 2.05) is 13.0 Å². The van der Waals surface area contributed by atoms with Crippen molar-refractivity contribution in [1.29, 1.82) is 0 Å². The fourth-order valence-electron chi connectivity index (χ4n) is 7.45. The molecule has 4 rings (SSSR count). The lowest BCUT2D eigenvalue weighted by atomic mass is 9.46. The Kier molecular flexibility index (Phi) is 6.34. The predicted molar refractivity (Wildman–Crippen MR) is 117 cm³/mol. The third-order valence-corrected chi connectivity index (χ3v) is 10.9. The molecule has 34 heavy (non-hydrogen) atoms. The molecule has 11 nitrogen and oxygen atoms in total. The molecule has 0 amide bonds. The highest BCUT2D eigenvalue weighted by molar-refractivity contribution is 7.60. The molecule has 1 unspecified atom stereocenters. The number of phosphoric ester groups is 1.